The van der Waals surface area contributed by atoms with Crippen molar-refractivity contribution in [1.82, 2.24) is 4.90 Å². The van der Waals surface area contributed by atoms with Crippen LogP contribution in [0.3, 0.4) is 0 Å². The van der Waals surface area contributed by atoms with Crippen LogP contribution in [-0.2, 0) is 4.74 Å². The van der Waals surface area contributed by atoms with Gasteiger partial charge in [-0.3, -0.25) is 0 Å². The van der Waals surface area contributed by atoms with Crippen LogP contribution in [0.15, 0.2) is 0 Å². The Bertz CT molecular complexity index is 158. The average molecular weight is 197 g/mol. The molecule has 2 aliphatic rings. The van der Waals surface area contributed by atoms with E-state index in [-0.39, 0.29) is 0 Å². The van der Waals surface area contributed by atoms with E-state index in [1.165, 1.54) is 58.0 Å². The minimum absolute atomic E-state index is 0.564. The van der Waals surface area contributed by atoms with Gasteiger partial charge < -0.3 is 9.64 Å². The first kappa shape index (κ1) is 10.4. The number of ether oxygens (including phenoxy) is 1. The molecule has 2 fully saturated rings. The van der Waals surface area contributed by atoms with E-state index in [4.69, 9.17) is 4.74 Å². The summed E-state index contributed by atoms with van der Waals surface area (Å²) in [6.45, 7) is 2.44. The van der Waals surface area contributed by atoms with Crippen molar-refractivity contribution in [2.75, 3.05) is 20.1 Å². The van der Waals surface area contributed by atoms with Gasteiger partial charge in [0.2, 0.25) is 0 Å². The molecule has 2 rings (SSSR count). The predicted molar refractivity (Wildman–Crippen MR) is 58.5 cm³/mol. The Labute approximate surface area is 87.6 Å². The van der Waals surface area contributed by atoms with Crippen molar-refractivity contribution in [3.63, 3.8) is 0 Å². The Balaban J connectivity index is 1.68. The van der Waals surface area contributed by atoms with Crippen molar-refractivity contribution in [3.05, 3.63) is 0 Å². The summed E-state index contributed by atoms with van der Waals surface area (Å²) in [7, 11) is 2.21. The van der Waals surface area contributed by atoms with Gasteiger partial charge in [-0.05, 0) is 32.7 Å². The maximum Gasteiger partial charge on any atom is 0.0603 e. The fourth-order valence-corrected chi connectivity index (χ4v) is 2.59. The molecule has 0 aromatic rings. The third kappa shape index (κ3) is 2.96. The van der Waals surface area contributed by atoms with Crippen LogP contribution in [0, 0.1) is 0 Å². The van der Waals surface area contributed by atoms with Crippen molar-refractivity contribution >= 4 is 0 Å². The number of rotatable bonds is 2. The predicted octanol–water partition coefficient (Wildman–Crippen LogP) is 2.43. The first-order valence-electron chi connectivity index (χ1n) is 6.18. The van der Waals surface area contributed by atoms with Crippen molar-refractivity contribution in [3.8, 4) is 0 Å². The van der Waals surface area contributed by atoms with Gasteiger partial charge in [-0.25, -0.2) is 0 Å². The molecule has 1 heterocycles. The Kier molecular flexibility index (Phi) is 3.82. The molecule has 1 aliphatic carbocycles. The van der Waals surface area contributed by atoms with Gasteiger partial charge in [0.25, 0.3) is 0 Å². The largest absolute Gasteiger partial charge is 0.375 e. The summed E-state index contributed by atoms with van der Waals surface area (Å²) in [6, 6.07) is 0. The summed E-state index contributed by atoms with van der Waals surface area (Å²) in [6.07, 6.45) is 10.5. The molecule has 0 N–H and O–H groups in total. The molecule has 0 spiro atoms. The molecule has 0 bridgehead atoms. The minimum Gasteiger partial charge on any atom is -0.375 e. The summed E-state index contributed by atoms with van der Waals surface area (Å²) >= 11 is 0. The molecule has 0 amide bonds. The van der Waals surface area contributed by atoms with Crippen molar-refractivity contribution in [2.45, 2.75) is 57.2 Å². The summed E-state index contributed by atoms with van der Waals surface area (Å²) < 4.78 is 6.15. The molecule has 0 aromatic heterocycles. The molecule has 82 valence electrons. The third-order valence-electron chi connectivity index (χ3n) is 3.60. The SMILES string of the molecule is CN1CCC(OC2CCCCC2)CC1. The molecule has 0 aromatic carbocycles. The molecular formula is C12H23NO. The highest BCUT2D eigenvalue weighted by Gasteiger charge is 2.22. The topological polar surface area (TPSA) is 12.5 Å². The number of hydrogen-bond acceptors (Lipinski definition) is 2. The highest BCUT2D eigenvalue weighted by atomic mass is 16.5. The summed E-state index contributed by atoms with van der Waals surface area (Å²) in [5, 5.41) is 0. The lowest BCUT2D eigenvalue weighted by Crippen LogP contribution is -2.36. The van der Waals surface area contributed by atoms with E-state index in [0.717, 1.165) is 0 Å². The molecule has 2 nitrogen and oxygen atoms in total. The van der Waals surface area contributed by atoms with E-state index in [9.17, 15) is 0 Å². The zero-order valence-electron chi connectivity index (χ0n) is 9.37. The number of likely N-dealkylation sites (tertiary alicyclic amines) is 1. The van der Waals surface area contributed by atoms with Crippen LogP contribution >= 0.6 is 0 Å². The summed E-state index contributed by atoms with van der Waals surface area (Å²) in [5.41, 5.74) is 0. The van der Waals surface area contributed by atoms with Crippen LogP contribution in [-0.4, -0.2) is 37.2 Å². The van der Waals surface area contributed by atoms with Gasteiger partial charge in [0.1, 0.15) is 0 Å². The van der Waals surface area contributed by atoms with E-state index in [1.54, 1.807) is 0 Å². The van der Waals surface area contributed by atoms with Gasteiger partial charge >= 0.3 is 0 Å². The van der Waals surface area contributed by atoms with Crippen LogP contribution in [0.5, 0.6) is 0 Å². The first-order chi connectivity index (χ1) is 6.84. The molecular weight excluding hydrogens is 174 g/mol. The van der Waals surface area contributed by atoms with Gasteiger partial charge in [-0.1, -0.05) is 19.3 Å². The highest BCUT2D eigenvalue weighted by Crippen LogP contribution is 2.24. The lowest BCUT2D eigenvalue weighted by atomic mass is 9.97. The van der Waals surface area contributed by atoms with Gasteiger partial charge in [0.15, 0.2) is 0 Å². The summed E-state index contributed by atoms with van der Waals surface area (Å²) in [4.78, 5) is 2.40. The Morgan fingerprint density at radius 1 is 0.857 bits per heavy atom. The van der Waals surface area contributed by atoms with E-state index in [2.05, 4.69) is 11.9 Å². The number of nitrogens with zero attached hydrogens (tertiary/aromatic N) is 1. The Hall–Kier alpha value is -0.0800. The standard InChI is InChI=1S/C12H23NO/c1-13-9-7-12(8-10-13)14-11-5-3-2-4-6-11/h11-12H,2-10H2,1H3. The quantitative estimate of drug-likeness (QED) is 0.674. The van der Waals surface area contributed by atoms with E-state index in [0.29, 0.717) is 12.2 Å². The molecule has 2 heteroatoms. The van der Waals surface area contributed by atoms with Crippen LogP contribution in [0.2, 0.25) is 0 Å². The number of hydrogen-bond donors (Lipinski definition) is 0. The van der Waals surface area contributed by atoms with E-state index >= 15 is 0 Å². The fourth-order valence-electron chi connectivity index (χ4n) is 2.59. The monoisotopic (exact) mass is 197 g/mol. The van der Waals surface area contributed by atoms with Crippen LogP contribution in [0.4, 0.5) is 0 Å². The maximum atomic E-state index is 6.15. The van der Waals surface area contributed by atoms with E-state index < -0.39 is 0 Å². The van der Waals surface area contributed by atoms with Gasteiger partial charge in [0.05, 0.1) is 12.2 Å². The Morgan fingerprint density at radius 3 is 2.07 bits per heavy atom. The highest BCUT2D eigenvalue weighted by molar-refractivity contribution is 4.73. The van der Waals surface area contributed by atoms with Crippen molar-refractivity contribution in [2.24, 2.45) is 0 Å². The lowest BCUT2D eigenvalue weighted by molar-refractivity contribution is -0.0532. The molecule has 0 unspecified atom stereocenters. The first-order valence-corrected chi connectivity index (χ1v) is 6.18. The molecule has 1 saturated heterocycles. The second kappa shape index (κ2) is 5.13. The maximum absolute atomic E-state index is 6.15. The van der Waals surface area contributed by atoms with Crippen molar-refractivity contribution < 1.29 is 4.74 Å². The number of piperidine rings is 1. The Morgan fingerprint density at radius 2 is 1.43 bits per heavy atom. The fraction of sp³-hybridized carbons (Fsp3) is 1.00. The van der Waals surface area contributed by atoms with Gasteiger partial charge in [-0.2, -0.15) is 0 Å². The van der Waals surface area contributed by atoms with Crippen LogP contribution < -0.4 is 0 Å². The van der Waals surface area contributed by atoms with E-state index in [1.807, 2.05) is 0 Å². The minimum atomic E-state index is 0.564. The van der Waals surface area contributed by atoms with Crippen LogP contribution in [0.25, 0.3) is 0 Å². The third-order valence-corrected chi connectivity index (χ3v) is 3.60. The van der Waals surface area contributed by atoms with Gasteiger partial charge in [0, 0.05) is 13.1 Å². The smallest absolute Gasteiger partial charge is 0.0603 e. The second-order valence-electron chi connectivity index (χ2n) is 4.90. The summed E-state index contributed by atoms with van der Waals surface area (Å²) in [5.74, 6) is 0. The molecule has 0 radical (unpaired) electrons. The molecule has 1 aliphatic heterocycles. The van der Waals surface area contributed by atoms with Crippen molar-refractivity contribution in [1.29, 1.82) is 0 Å². The molecule has 1 saturated carbocycles. The lowest BCUT2D eigenvalue weighted by Gasteiger charge is -2.33. The van der Waals surface area contributed by atoms with Gasteiger partial charge in [-0.15, -0.1) is 0 Å². The van der Waals surface area contributed by atoms with Crippen LogP contribution in [0.1, 0.15) is 44.9 Å². The second-order valence-corrected chi connectivity index (χ2v) is 4.90. The molecule has 0 atom stereocenters. The normalized spacial score (nSPS) is 28.1. The zero-order chi connectivity index (χ0) is 9.80. The zero-order valence-corrected chi connectivity index (χ0v) is 9.37. The molecule has 14 heavy (non-hydrogen) atoms. The average Bonchev–Trinajstić information content (AvgIpc) is 2.23.